The quantitative estimate of drug-likeness (QED) is 0.851. The molecule has 0 radical (unpaired) electrons. The first-order chi connectivity index (χ1) is 11.8. The van der Waals surface area contributed by atoms with Gasteiger partial charge in [0.2, 0.25) is 10.0 Å². The third-order valence-corrected chi connectivity index (χ3v) is 5.71. The molecule has 0 unspecified atom stereocenters. The number of anilines is 1. The largest absolute Gasteiger partial charge is 0.322 e. The van der Waals surface area contributed by atoms with E-state index in [1.807, 2.05) is 0 Å². The van der Waals surface area contributed by atoms with Crippen molar-refractivity contribution in [1.29, 1.82) is 0 Å². The fourth-order valence-corrected chi connectivity index (χ4v) is 3.79. The number of carbonyl (C=O) groups is 1. The highest BCUT2D eigenvalue weighted by Crippen LogP contribution is 2.20. The summed E-state index contributed by atoms with van der Waals surface area (Å²) in [5.74, 6) is -2.90. The summed E-state index contributed by atoms with van der Waals surface area (Å²) in [7, 11) is -3.61. The molecule has 5 nitrogen and oxygen atoms in total. The molecule has 0 saturated carbocycles. The van der Waals surface area contributed by atoms with Crippen LogP contribution in [-0.4, -0.2) is 31.7 Å². The first-order valence-electron chi connectivity index (χ1n) is 7.66. The fraction of sp³-hybridized carbons (Fsp3) is 0.235. The van der Waals surface area contributed by atoms with Crippen LogP contribution in [0.25, 0.3) is 0 Å². The lowest BCUT2D eigenvalue weighted by molar-refractivity contribution is 0.101. The molecule has 0 spiro atoms. The van der Waals surface area contributed by atoms with E-state index in [0.29, 0.717) is 13.1 Å². The summed E-state index contributed by atoms with van der Waals surface area (Å²) < 4.78 is 53.3. The SMILES string of the molecule is CCN(CC)S(=O)(=O)c1ccc(NC(=O)c2c(F)cccc2F)cc1. The molecule has 134 valence electrons. The summed E-state index contributed by atoms with van der Waals surface area (Å²) in [5.41, 5.74) is -0.464. The maximum atomic E-state index is 13.6. The Balaban J connectivity index is 2.22. The third kappa shape index (κ3) is 4.02. The van der Waals surface area contributed by atoms with Crippen molar-refractivity contribution in [3.63, 3.8) is 0 Å². The van der Waals surface area contributed by atoms with Crippen molar-refractivity contribution in [3.8, 4) is 0 Å². The average molecular weight is 368 g/mol. The highest BCUT2D eigenvalue weighted by atomic mass is 32.2. The Labute approximate surface area is 145 Å². The Hall–Kier alpha value is -2.32. The molecule has 0 aliphatic rings. The van der Waals surface area contributed by atoms with Gasteiger partial charge in [-0.2, -0.15) is 4.31 Å². The van der Waals surface area contributed by atoms with Crippen molar-refractivity contribution in [1.82, 2.24) is 4.31 Å². The van der Waals surface area contributed by atoms with Gasteiger partial charge in [0, 0.05) is 18.8 Å². The van der Waals surface area contributed by atoms with Gasteiger partial charge in [-0.1, -0.05) is 19.9 Å². The Morgan fingerprint density at radius 2 is 1.52 bits per heavy atom. The number of hydrogen-bond acceptors (Lipinski definition) is 3. The van der Waals surface area contributed by atoms with Crippen molar-refractivity contribution in [3.05, 3.63) is 59.7 Å². The minimum atomic E-state index is -3.61. The molecule has 1 N–H and O–H groups in total. The van der Waals surface area contributed by atoms with Crippen LogP contribution >= 0.6 is 0 Å². The summed E-state index contributed by atoms with van der Waals surface area (Å²) in [6.07, 6.45) is 0. The summed E-state index contributed by atoms with van der Waals surface area (Å²) in [5, 5.41) is 2.35. The van der Waals surface area contributed by atoms with Gasteiger partial charge >= 0.3 is 0 Å². The Morgan fingerprint density at radius 3 is 2.00 bits per heavy atom. The van der Waals surface area contributed by atoms with Crippen molar-refractivity contribution in [2.24, 2.45) is 0 Å². The Bertz CT molecular complexity index is 844. The van der Waals surface area contributed by atoms with E-state index in [2.05, 4.69) is 5.32 Å². The third-order valence-electron chi connectivity index (χ3n) is 3.65. The van der Waals surface area contributed by atoms with E-state index in [4.69, 9.17) is 0 Å². The first kappa shape index (κ1) is 19.0. The van der Waals surface area contributed by atoms with Gasteiger partial charge in [0.15, 0.2) is 0 Å². The molecule has 0 aromatic heterocycles. The van der Waals surface area contributed by atoms with Crippen LogP contribution in [0.1, 0.15) is 24.2 Å². The van der Waals surface area contributed by atoms with Crippen molar-refractivity contribution in [2.75, 3.05) is 18.4 Å². The molecule has 0 aliphatic carbocycles. The van der Waals surface area contributed by atoms with Gasteiger partial charge in [-0.05, 0) is 36.4 Å². The van der Waals surface area contributed by atoms with Crippen LogP contribution in [0.2, 0.25) is 0 Å². The molecule has 8 heteroatoms. The molecule has 0 atom stereocenters. The van der Waals surface area contributed by atoms with Crippen LogP contribution in [0.15, 0.2) is 47.4 Å². The smallest absolute Gasteiger partial charge is 0.261 e. The van der Waals surface area contributed by atoms with E-state index in [9.17, 15) is 22.0 Å². The number of sulfonamides is 1. The Morgan fingerprint density at radius 1 is 1.00 bits per heavy atom. The normalized spacial score (nSPS) is 11.6. The van der Waals surface area contributed by atoms with Crippen LogP contribution in [0, 0.1) is 11.6 Å². The minimum absolute atomic E-state index is 0.0753. The second-order valence-corrected chi connectivity index (χ2v) is 7.10. The number of benzene rings is 2. The van der Waals surface area contributed by atoms with Gasteiger partial charge in [0.05, 0.1) is 4.90 Å². The van der Waals surface area contributed by atoms with Crippen LogP contribution in [0.5, 0.6) is 0 Å². The molecule has 25 heavy (non-hydrogen) atoms. The molecule has 0 saturated heterocycles. The van der Waals surface area contributed by atoms with Gasteiger partial charge in [-0.25, -0.2) is 17.2 Å². The van der Waals surface area contributed by atoms with Crippen molar-refractivity contribution in [2.45, 2.75) is 18.7 Å². The lowest BCUT2D eigenvalue weighted by Gasteiger charge is -2.18. The van der Waals surface area contributed by atoms with E-state index in [1.165, 1.54) is 28.6 Å². The summed E-state index contributed by atoms with van der Waals surface area (Å²) in [6.45, 7) is 4.14. The zero-order valence-electron chi connectivity index (χ0n) is 13.8. The number of hydrogen-bond donors (Lipinski definition) is 1. The zero-order valence-corrected chi connectivity index (χ0v) is 14.6. The molecule has 0 fully saturated rings. The van der Waals surface area contributed by atoms with Crippen LogP contribution in [0.4, 0.5) is 14.5 Å². The molecule has 0 heterocycles. The summed E-state index contributed by atoms with van der Waals surface area (Å²) >= 11 is 0. The monoisotopic (exact) mass is 368 g/mol. The average Bonchev–Trinajstić information content (AvgIpc) is 2.56. The zero-order chi connectivity index (χ0) is 18.6. The van der Waals surface area contributed by atoms with Gasteiger partial charge in [-0.3, -0.25) is 4.79 Å². The highest BCUT2D eigenvalue weighted by Gasteiger charge is 2.22. The van der Waals surface area contributed by atoms with Crippen molar-refractivity contribution >= 4 is 21.6 Å². The number of carbonyl (C=O) groups excluding carboxylic acids is 1. The molecule has 2 rings (SSSR count). The number of amides is 1. The highest BCUT2D eigenvalue weighted by molar-refractivity contribution is 7.89. The van der Waals surface area contributed by atoms with E-state index < -0.39 is 33.1 Å². The fourth-order valence-electron chi connectivity index (χ4n) is 2.33. The van der Waals surface area contributed by atoms with Crippen LogP contribution in [0.3, 0.4) is 0 Å². The molecular weight excluding hydrogens is 350 g/mol. The van der Waals surface area contributed by atoms with Crippen molar-refractivity contribution < 1.29 is 22.0 Å². The standard InChI is InChI=1S/C17H18F2N2O3S/c1-3-21(4-2)25(23,24)13-10-8-12(9-11-13)20-17(22)16-14(18)6-5-7-15(16)19/h5-11H,3-4H2,1-2H3,(H,20,22). The van der Waals surface area contributed by atoms with Gasteiger partial charge in [0.1, 0.15) is 17.2 Å². The number of halogens is 2. The van der Waals surface area contributed by atoms with Gasteiger partial charge < -0.3 is 5.32 Å². The molecule has 1 amide bonds. The second kappa shape index (κ2) is 7.71. The van der Waals surface area contributed by atoms with Gasteiger partial charge in [0.25, 0.3) is 5.91 Å². The predicted molar refractivity (Wildman–Crippen MR) is 90.9 cm³/mol. The predicted octanol–water partition coefficient (Wildman–Crippen LogP) is 3.25. The maximum Gasteiger partial charge on any atom is 0.261 e. The van der Waals surface area contributed by atoms with Gasteiger partial charge in [-0.15, -0.1) is 0 Å². The van der Waals surface area contributed by atoms with E-state index in [1.54, 1.807) is 13.8 Å². The molecule has 2 aromatic rings. The van der Waals surface area contributed by atoms with E-state index in [0.717, 1.165) is 18.2 Å². The minimum Gasteiger partial charge on any atom is -0.322 e. The lowest BCUT2D eigenvalue weighted by atomic mass is 10.2. The lowest BCUT2D eigenvalue weighted by Crippen LogP contribution is -2.30. The maximum absolute atomic E-state index is 13.6. The Kier molecular flexibility index (Phi) is 5.86. The van der Waals surface area contributed by atoms with E-state index >= 15 is 0 Å². The molecule has 0 aliphatic heterocycles. The number of nitrogens with one attached hydrogen (secondary N) is 1. The number of rotatable bonds is 6. The molecular formula is C17H18F2N2O3S. The first-order valence-corrected chi connectivity index (χ1v) is 9.10. The van der Waals surface area contributed by atoms with Crippen LogP contribution in [-0.2, 0) is 10.0 Å². The van der Waals surface area contributed by atoms with Crippen LogP contribution < -0.4 is 5.32 Å². The summed E-state index contributed by atoms with van der Waals surface area (Å²) in [6, 6.07) is 8.53. The topological polar surface area (TPSA) is 66.5 Å². The molecule has 2 aromatic carbocycles. The molecule has 0 bridgehead atoms. The summed E-state index contributed by atoms with van der Waals surface area (Å²) in [4.78, 5) is 12.1. The van der Waals surface area contributed by atoms with E-state index in [-0.39, 0.29) is 10.6 Å². The number of nitrogens with zero attached hydrogens (tertiary/aromatic N) is 1. The second-order valence-electron chi connectivity index (χ2n) is 5.16.